The number of nitrogens with one attached hydrogen (secondary N) is 2. The van der Waals surface area contributed by atoms with Gasteiger partial charge in [0, 0.05) is 11.3 Å². The maximum Gasteiger partial charge on any atom is 0.262 e. The molecule has 28 heavy (non-hydrogen) atoms. The molecule has 144 valence electrons. The number of para-hydroxylation sites is 1. The Morgan fingerprint density at radius 2 is 1.61 bits per heavy atom. The molecule has 8 heteroatoms. The van der Waals surface area contributed by atoms with Gasteiger partial charge in [-0.3, -0.25) is 9.52 Å². The number of hydrogen-bond donors (Lipinski definition) is 2. The van der Waals surface area contributed by atoms with Gasteiger partial charge in [-0.15, -0.1) is 0 Å². The van der Waals surface area contributed by atoms with E-state index in [1.807, 2.05) is 0 Å². The van der Waals surface area contributed by atoms with Gasteiger partial charge < -0.3 is 5.32 Å². The summed E-state index contributed by atoms with van der Waals surface area (Å²) in [7, 11) is -4.09. The summed E-state index contributed by atoms with van der Waals surface area (Å²) in [5, 5.41) is 2.56. The Morgan fingerprint density at radius 1 is 0.929 bits per heavy atom. The van der Waals surface area contributed by atoms with E-state index >= 15 is 0 Å². The third-order valence-electron chi connectivity index (χ3n) is 3.96. The molecule has 0 aliphatic carbocycles. The number of amides is 1. The van der Waals surface area contributed by atoms with E-state index in [0.717, 1.165) is 18.2 Å². The lowest BCUT2D eigenvalue weighted by molar-refractivity contribution is 0.102. The van der Waals surface area contributed by atoms with Crippen molar-refractivity contribution in [3.63, 3.8) is 0 Å². The summed E-state index contributed by atoms with van der Waals surface area (Å²) in [6.07, 6.45) is 0. The number of sulfonamides is 1. The Morgan fingerprint density at radius 3 is 2.29 bits per heavy atom. The highest BCUT2D eigenvalue weighted by molar-refractivity contribution is 7.92. The van der Waals surface area contributed by atoms with E-state index in [2.05, 4.69) is 10.0 Å². The second-order valence-electron chi connectivity index (χ2n) is 6.03. The summed E-state index contributed by atoms with van der Waals surface area (Å²) in [5.74, 6) is -1.70. The molecule has 0 fully saturated rings. The lowest BCUT2D eigenvalue weighted by Crippen LogP contribution is -2.17. The zero-order valence-electron chi connectivity index (χ0n) is 14.7. The largest absolute Gasteiger partial charge is 0.322 e. The van der Waals surface area contributed by atoms with Gasteiger partial charge in [0.15, 0.2) is 0 Å². The quantitative estimate of drug-likeness (QED) is 0.667. The molecule has 2 N–H and O–H groups in total. The summed E-state index contributed by atoms with van der Waals surface area (Å²) < 4.78 is 54.4. The van der Waals surface area contributed by atoms with Crippen LogP contribution in [-0.4, -0.2) is 14.3 Å². The minimum Gasteiger partial charge on any atom is -0.322 e. The number of anilines is 2. The summed E-state index contributed by atoms with van der Waals surface area (Å²) in [4.78, 5) is 12.2. The Hall–Kier alpha value is -3.26. The van der Waals surface area contributed by atoms with Crippen molar-refractivity contribution in [3.8, 4) is 0 Å². The average Bonchev–Trinajstić information content (AvgIpc) is 2.65. The third kappa shape index (κ3) is 4.34. The van der Waals surface area contributed by atoms with Crippen LogP contribution in [0.15, 0.2) is 71.6 Å². The molecule has 0 heterocycles. The summed E-state index contributed by atoms with van der Waals surface area (Å²) in [6, 6.07) is 14.7. The molecule has 3 rings (SSSR count). The number of halogens is 2. The van der Waals surface area contributed by atoms with Gasteiger partial charge in [-0.25, -0.2) is 17.2 Å². The van der Waals surface area contributed by atoms with E-state index in [0.29, 0.717) is 5.56 Å². The van der Waals surface area contributed by atoms with Gasteiger partial charge in [-0.1, -0.05) is 18.2 Å². The van der Waals surface area contributed by atoms with Gasteiger partial charge >= 0.3 is 0 Å². The highest BCUT2D eigenvalue weighted by atomic mass is 32.2. The van der Waals surface area contributed by atoms with Crippen LogP contribution in [0.3, 0.4) is 0 Å². The van der Waals surface area contributed by atoms with Crippen molar-refractivity contribution in [2.75, 3.05) is 10.0 Å². The lowest BCUT2D eigenvalue weighted by atomic mass is 10.2. The normalized spacial score (nSPS) is 11.1. The molecule has 0 saturated heterocycles. The number of hydrogen-bond acceptors (Lipinski definition) is 3. The van der Waals surface area contributed by atoms with Gasteiger partial charge in [-0.05, 0) is 61.0 Å². The first kappa shape index (κ1) is 19.5. The van der Waals surface area contributed by atoms with Crippen LogP contribution in [0.25, 0.3) is 0 Å². The predicted molar refractivity (Wildman–Crippen MR) is 103 cm³/mol. The molecule has 1 amide bonds. The molecule has 0 atom stereocenters. The van der Waals surface area contributed by atoms with Crippen molar-refractivity contribution in [3.05, 3.63) is 89.5 Å². The van der Waals surface area contributed by atoms with Crippen molar-refractivity contribution in [1.29, 1.82) is 0 Å². The summed E-state index contributed by atoms with van der Waals surface area (Å²) in [5.41, 5.74) is 0.691. The SMILES string of the molecule is Cc1ccc(NC(=O)c2ccc(F)cc2)cc1S(=O)(=O)Nc1ccccc1F. The second-order valence-corrected chi connectivity index (χ2v) is 7.68. The first-order valence-corrected chi connectivity index (χ1v) is 9.69. The molecule has 0 radical (unpaired) electrons. The molecule has 0 bridgehead atoms. The molecule has 3 aromatic carbocycles. The van der Waals surface area contributed by atoms with E-state index in [1.54, 1.807) is 13.0 Å². The van der Waals surface area contributed by atoms with Crippen LogP contribution in [0.5, 0.6) is 0 Å². The van der Waals surface area contributed by atoms with Crippen LogP contribution in [0.2, 0.25) is 0 Å². The molecule has 0 aliphatic rings. The van der Waals surface area contributed by atoms with E-state index in [-0.39, 0.29) is 21.8 Å². The van der Waals surface area contributed by atoms with Gasteiger partial charge in [0.25, 0.3) is 15.9 Å². The minimum absolute atomic E-state index is 0.104. The van der Waals surface area contributed by atoms with Crippen LogP contribution in [0.1, 0.15) is 15.9 Å². The molecule has 0 aromatic heterocycles. The summed E-state index contributed by atoms with van der Waals surface area (Å²) >= 11 is 0. The highest BCUT2D eigenvalue weighted by Gasteiger charge is 2.19. The first-order valence-electron chi connectivity index (χ1n) is 8.21. The maximum absolute atomic E-state index is 13.8. The fraction of sp³-hybridized carbons (Fsp3) is 0.0500. The number of aryl methyl sites for hydroxylation is 1. The van der Waals surface area contributed by atoms with E-state index < -0.39 is 27.6 Å². The average molecular weight is 402 g/mol. The van der Waals surface area contributed by atoms with E-state index in [4.69, 9.17) is 0 Å². The first-order chi connectivity index (χ1) is 13.3. The molecule has 0 saturated carbocycles. The van der Waals surface area contributed by atoms with Gasteiger partial charge in [0.1, 0.15) is 11.6 Å². The molecule has 5 nitrogen and oxygen atoms in total. The predicted octanol–water partition coefficient (Wildman–Crippen LogP) is 4.33. The molecular weight excluding hydrogens is 386 g/mol. The molecular formula is C20H16F2N2O3S. The van der Waals surface area contributed by atoms with Crippen molar-refractivity contribution in [1.82, 2.24) is 0 Å². The Bertz CT molecular complexity index is 1130. The monoisotopic (exact) mass is 402 g/mol. The van der Waals surface area contributed by atoms with Gasteiger partial charge in [0.2, 0.25) is 0 Å². The Kier molecular flexibility index (Phi) is 5.41. The minimum atomic E-state index is -4.09. The zero-order chi connectivity index (χ0) is 20.3. The Labute approximate surface area is 161 Å². The van der Waals surface area contributed by atoms with Crippen molar-refractivity contribution in [2.45, 2.75) is 11.8 Å². The highest BCUT2D eigenvalue weighted by Crippen LogP contribution is 2.24. The van der Waals surface area contributed by atoms with E-state index in [9.17, 15) is 22.0 Å². The van der Waals surface area contributed by atoms with E-state index in [1.165, 1.54) is 42.5 Å². The van der Waals surface area contributed by atoms with Crippen LogP contribution < -0.4 is 10.0 Å². The number of benzene rings is 3. The van der Waals surface area contributed by atoms with Crippen LogP contribution >= 0.6 is 0 Å². The fourth-order valence-electron chi connectivity index (χ4n) is 2.52. The Balaban J connectivity index is 1.87. The third-order valence-corrected chi connectivity index (χ3v) is 5.47. The van der Waals surface area contributed by atoms with Crippen molar-refractivity contribution >= 4 is 27.3 Å². The lowest BCUT2D eigenvalue weighted by Gasteiger charge is -2.13. The number of carbonyl (C=O) groups excluding carboxylic acids is 1. The smallest absolute Gasteiger partial charge is 0.262 e. The summed E-state index contributed by atoms with van der Waals surface area (Å²) in [6.45, 7) is 1.58. The van der Waals surface area contributed by atoms with Gasteiger partial charge in [-0.2, -0.15) is 0 Å². The standard InChI is InChI=1S/C20H16F2N2O3S/c1-13-6-11-16(23-20(25)14-7-9-15(21)10-8-14)12-19(13)28(26,27)24-18-5-3-2-4-17(18)22/h2-12,24H,1H3,(H,23,25). The van der Waals surface area contributed by atoms with Crippen LogP contribution in [-0.2, 0) is 10.0 Å². The van der Waals surface area contributed by atoms with Crippen LogP contribution in [0, 0.1) is 18.6 Å². The molecule has 0 aliphatic heterocycles. The topological polar surface area (TPSA) is 75.3 Å². The number of rotatable bonds is 5. The van der Waals surface area contributed by atoms with Crippen molar-refractivity contribution < 1.29 is 22.0 Å². The van der Waals surface area contributed by atoms with Gasteiger partial charge in [0.05, 0.1) is 10.6 Å². The maximum atomic E-state index is 13.8. The number of carbonyl (C=O) groups is 1. The van der Waals surface area contributed by atoms with Crippen molar-refractivity contribution in [2.24, 2.45) is 0 Å². The zero-order valence-corrected chi connectivity index (χ0v) is 15.6. The molecule has 3 aromatic rings. The molecule has 0 unspecified atom stereocenters. The molecule has 0 spiro atoms. The second kappa shape index (κ2) is 7.77. The van der Waals surface area contributed by atoms with Crippen LogP contribution in [0.4, 0.5) is 20.2 Å². The fourth-order valence-corrected chi connectivity index (χ4v) is 3.85.